The van der Waals surface area contributed by atoms with Gasteiger partial charge in [-0.2, -0.15) is 0 Å². The van der Waals surface area contributed by atoms with Crippen LogP contribution in [0.2, 0.25) is 0 Å². The molecule has 0 bridgehead atoms. The predicted octanol–water partition coefficient (Wildman–Crippen LogP) is 0.716. The standard InChI is InChI=1S/C10H19NO2/c1-2-5-10(13)8-11-6-3-9(10)4-7-12/h7,9,11,13H,2-6,8H2,1H3. The van der Waals surface area contributed by atoms with E-state index in [4.69, 9.17) is 0 Å². The van der Waals surface area contributed by atoms with Crippen LogP contribution in [0, 0.1) is 5.92 Å². The Kier molecular flexibility index (Phi) is 3.88. The Labute approximate surface area is 79.5 Å². The molecular weight excluding hydrogens is 166 g/mol. The molecule has 76 valence electrons. The summed E-state index contributed by atoms with van der Waals surface area (Å²) in [4.78, 5) is 10.4. The van der Waals surface area contributed by atoms with Gasteiger partial charge >= 0.3 is 0 Å². The first-order valence-corrected chi connectivity index (χ1v) is 5.09. The highest BCUT2D eigenvalue weighted by molar-refractivity contribution is 5.50. The maximum atomic E-state index is 10.4. The third kappa shape index (κ3) is 2.51. The Morgan fingerprint density at radius 3 is 3.08 bits per heavy atom. The fourth-order valence-electron chi connectivity index (χ4n) is 2.17. The SMILES string of the molecule is CCCC1(O)CNCCC1CC=O. The molecule has 3 heteroatoms. The van der Waals surface area contributed by atoms with E-state index in [1.807, 2.05) is 0 Å². The Morgan fingerprint density at radius 2 is 2.46 bits per heavy atom. The van der Waals surface area contributed by atoms with E-state index in [1.165, 1.54) is 0 Å². The molecule has 0 amide bonds. The molecule has 2 unspecified atom stereocenters. The number of β-amino-alcohol motifs (C(OH)–C–C–N with tert-alkyl or cyclic N) is 1. The zero-order valence-corrected chi connectivity index (χ0v) is 8.25. The van der Waals surface area contributed by atoms with Crippen molar-refractivity contribution in [3.63, 3.8) is 0 Å². The lowest BCUT2D eigenvalue weighted by Gasteiger charge is -2.39. The van der Waals surface area contributed by atoms with Crippen molar-refractivity contribution < 1.29 is 9.90 Å². The molecule has 0 aromatic rings. The molecule has 0 saturated carbocycles. The second kappa shape index (κ2) is 4.72. The average Bonchev–Trinajstić information content (AvgIpc) is 2.10. The van der Waals surface area contributed by atoms with Gasteiger partial charge in [-0.15, -0.1) is 0 Å². The number of hydrogen-bond acceptors (Lipinski definition) is 3. The molecule has 1 saturated heterocycles. The minimum atomic E-state index is -0.645. The van der Waals surface area contributed by atoms with Gasteiger partial charge in [0.2, 0.25) is 0 Å². The molecule has 2 atom stereocenters. The predicted molar refractivity (Wildman–Crippen MR) is 51.5 cm³/mol. The lowest BCUT2D eigenvalue weighted by Crippen LogP contribution is -2.52. The molecule has 1 rings (SSSR count). The monoisotopic (exact) mass is 185 g/mol. The first-order chi connectivity index (χ1) is 6.23. The Balaban J connectivity index is 2.58. The minimum Gasteiger partial charge on any atom is -0.388 e. The first kappa shape index (κ1) is 10.7. The molecule has 13 heavy (non-hydrogen) atoms. The van der Waals surface area contributed by atoms with E-state index in [2.05, 4.69) is 12.2 Å². The Bertz CT molecular complexity index is 168. The third-order valence-electron chi connectivity index (χ3n) is 2.92. The van der Waals surface area contributed by atoms with E-state index in [-0.39, 0.29) is 5.92 Å². The van der Waals surface area contributed by atoms with Crippen molar-refractivity contribution in [3.05, 3.63) is 0 Å². The molecule has 1 heterocycles. The highest BCUT2D eigenvalue weighted by Crippen LogP contribution is 2.30. The van der Waals surface area contributed by atoms with Crippen molar-refractivity contribution in [2.24, 2.45) is 5.92 Å². The van der Waals surface area contributed by atoms with Crippen molar-refractivity contribution in [2.75, 3.05) is 13.1 Å². The van der Waals surface area contributed by atoms with E-state index in [1.54, 1.807) is 0 Å². The van der Waals surface area contributed by atoms with Crippen LogP contribution in [-0.2, 0) is 4.79 Å². The molecular formula is C10H19NO2. The number of hydrogen-bond donors (Lipinski definition) is 2. The van der Waals surface area contributed by atoms with Crippen molar-refractivity contribution >= 4 is 6.29 Å². The smallest absolute Gasteiger partial charge is 0.120 e. The number of nitrogens with one attached hydrogen (secondary N) is 1. The molecule has 0 aromatic heterocycles. The average molecular weight is 185 g/mol. The lowest BCUT2D eigenvalue weighted by atomic mass is 9.77. The van der Waals surface area contributed by atoms with Crippen molar-refractivity contribution in [3.8, 4) is 0 Å². The summed E-state index contributed by atoms with van der Waals surface area (Å²) in [7, 11) is 0. The zero-order valence-electron chi connectivity index (χ0n) is 8.25. The Morgan fingerprint density at radius 1 is 1.69 bits per heavy atom. The zero-order chi connectivity index (χ0) is 9.73. The Hall–Kier alpha value is -0.410. The number of piperidine rings is 1. The van der Waals surface area contributed by atoms with Crippen LogP contribution in [0.1, 0.15) is 32.6 Å². The number of aliphatic hydroxyl groups is 1. The van der Waals surface area contributed by atoms with Crippen molar-refractivity contribution in [2.45, 2.75) is 38.2 Å². The van der Waals surface area contributed by atoms with Crippen LogP contribution in [0.4, 0.5) is 0 Å². The largest absolute Gasteiger partial charge is 0.388 e. The molecule has 3 nitrogen and oxygen atoms in total. The second-order valence-electron chi connectivity index (χ2n) is 3.92. The summed E-state index contributed by atoms with van der Waals surface area (Å²) in [6.07, 6.45) is 4.09. The van der Waals surface area contributed by atoms with Gasteiger partial charge in [-0.05, 0) is 25.3 Å². The fourth-order valence-corrected chi connectivity index (χ4v) is 2.17. The maximum absolute atomic E-state index is 10.4. The normalized spacial score (nSPS) is 34.5. The van der Waals surface area contributed by atoms with E-state index in [0.29, 0.717) is 13.0 Å². The van der Waals surface area contributed by atoms with Gasteiger partial charge < -0.3 is 15.2 Å². The summed E-state index contributed by atoms with van der Waals surface area (Å²) < 4.78 is 0. The van der Waals surface area contributed by atoms with Gasteiger partial charge in [0, 0.05) is 13.0 Å². The van der Waals surface area contributed by atoms with E-state index >= 15 is 0 Å². The number of carbonyl (C=O) groups excluding carboxylic acids is 1. The molecule has 0 aromatic carbocycles. The summed E-state index contributed by atoms with van der Waals surface area (Å²) in [5.41, 5.74) is -0.645. The van der Waals surface area contributed by atoms with Crippen molar-refractivity contribution in [1.82, 2.24) is 5.32 Å². The summed E-state index contributed by atoms with van der Waals surface area (Å²) in [6, 6.07) is 0. The molecule has 1 fully saturated rings. The maximum Gasteiger partial charge on any atom is 0.120 e. The van der Waals surface area contributed by atoms with Crippen LogP contribution in [0.5, 0.6) is 0 Å². The van der Waals surface area contributed by atoms with Crippen LogP contribution in [0.25, 0.3) is 0 Å². The number of carbonyl (C=O) groups is 1. The second-order valence-corrected chi connectivity index (χ2v) is 3.92. The molecule has 0 spiro atoms. The molecule has 2 N–H and O–H groups in total. The molecule has 1 aliphatic rings. The van der Waals surface area contributed by atoms with Crippen LogP contribution in [0.15, 0.2) is 0 Å². The number of rotatable bonds is 4. The quantitative estimate of drug-likeness (QED) is 0.634. The summed E-state index contributed by atoms with van der Waals surface area (Å²) in [5.74, 6) is 0.159. The first-order valence-electron chi connectivity index (χ1n) is 5.09. The summed E-state index contributed by atoms with van der Waals surface area (Å²) in [5, 5.41) is 13.4. The highest BCUT2D eigenvalue weighted by atomic mass is 16.3. The van der Waals surface area contributed by atoms with Crippen LogP contribution in [0.3, 0.4) is 0 Å². The van der Waals surface area contributed by atoms with E-state index < -0.39 is 5.60 Å². The van der Waals surface area contributed by atoms with Crippen LogP contribution in [-0.4, -0.2) is 30.1 Å². The topological polar surface area (TPSA) is 49.3 Å². The lowest BCUT2D eigenvalue weighted by molar-refractivity contribution is -0.113. The molecule has 0 aliphatic carbocycles. The minimum absolute atomic E-state index is 0.159. The van der Waals surface area contributed by atoms with Gasteiger partial charge in [-0.1, -0.05) is 13.3 Å². The van der Waals surface area contributed by atoms with Gasteiger partial charge in [0.25, 0.3) is 0 Å². The fraction of sp³-hybridized carbons (Fsp3) is 0.900. The van der Waals surface area contributed by atoms with Gasteiger partial charge in [0.15, 0.2) is 0 Å². The van der Waals surface area contributed by atoms with E-state index in [9.17, 15) is 9.90 Å². The third-order valence-corrected chi connectivity index (χ3v) is 2.92. The summed E-state index contributed by atoms with van der Waals surface area (Å²) >= 11 is 0. The summed E-state index contributed by atoms with van der Waals surface area (Å²) in [6.45, 7) is 3.62. The number of aldehydes is 1. The van der Waals surface area contributed by atoms with Gasteiger partial charge in [-0.25, -0.2) is 0 Å². The van der Waals surface area contributed by atoms with Gasteiger partial charge in [-0.3, -0.25) is 0 Å². The van der Waals surface area contributed by atoms with Crippen LogP contribution < -0.4 is 5.32 Å². The van der Waals surface area contributed by atoms with E-state index in [0.717, 1.165) is 32.1 Å². The highest BCUT2D eigenvalue weighted by Gasteiger charge is 2.37. The molecule has 1 aliphatic heterocycles. The molecule has 0 radical (unpaired) electrons. The van der Waals surface area contributed by atoms with Gasteiger partial charge in [0.05, 0.1) is 5.60 Å². The van der Waals surface area contributed by atoms with Crippen molar-refractivity contribution in [1.29, 1.82) is 0 Å². The van der Waals surface area contributed by atoms with Crippen LogP contribution >= 0.6 is 0 Å². The van der Waals surface area contributed by atoms with Gasteiger partial charge in [0.1, 0.15) is 6.29 Å².